The Bertz CT molecular complexity index is 723. The summed E-state index contributed by atoms with van der Waals surface area (Å²) >= 11 is 0. The summed E-state index contributed by atoms with van der Waals surface area (Å²) in [5.41, 5.74) is 1.30. The van der Waals surface area contributed by atoms with E-state index in [0.29, 0.717) is 24.5 Å². The molecule has 23 heavy (non-hydrogen) atoms. The molecule has 1 aliphatic rings. The smallest absolute Gasteiger partial charge is 0.253 e. The normalized spacial score (nSPS) is 14.9. The molecule has 0 radical (unpaired) electrons. The topological polar surface area (TPSA) is 60.2 Å². The Morgan fingerprint density at radius 2 is 1.87 bits per heavy atom. The van der Waals surface area contributed by atoms with Crippen LogP contribution in [0.1, 0.15) is 22.3 Å². The largest absolute Gasteiger partial charge is 0.354 e. The molecule has 0 N–H and O–H groups in total. The van der Waals surface area contributed by atoms with Gasteiger partial charge in [0.15, 0.2) is 0 Å². The van der Waals surface area contributed by atoms with Crippen molar-refractivity contribution in [1.29, 1.82) is 5.26 Å². The van der Waals surface area contributed by atoms with E-state index < -0.39 is 0 Å². The molecule has 1 aromatic carbocycles. The van der Waals surface area contributed by atoms with Gasteiger partial charge < -0.3 is 9.80 Å². The predicted molar refractivity (Wildman–Crippen MR) is 88.1 cm³/mol. The van der Waals surface area contributed by atoms with E-state index in [2.05, 4.69) is 16.0 Å². The zero-order valence-corrected chi connectivity index (χ0v) is 12.9. The van der Waals surface area contributed by atoms with Crippen LogP contribution >= 0.6 is 0 Å². The molecule has 5 nitrogen and oxygen atoms in total. The summed E-state index contributed by atoms with van der Waals surface area (Å²) in [5, 5.41) is 9.23. The Morgan fingerprint density at radius 1 is 1.04 bits per heavy atom. The lowest BCUT2D eigenvalue weighted by atomic mass is 10.2. The van der Waals surface area contributed by atoms with Crippen LogP contribution in [0, 0.1) is 11.3 Å². The molecule has 0 saturated carbocycles. The number of benzene rings is 1. The lowest BCUT2D eigenvalue weighted by Crippen LogP contribution is -2.35. The maximum Gasteiger partial charge on any atom is 0.253 e. The maximum absolute atomic E-state index is 12.6. The summed E-state index contributed by atoms with van der Waals surface area (Å²) in [6.45, 7) is 2.84. The molecular weight excluding hydrogens is 288 g/mol. The number of nitriles is 1. The van der Waals surface area contributed by atoms with E-state index in [9.17, 15) is 10.1 Å². The lowest BCUT2D eigenvalue weighted by Gasteiger charge is -2.23. The van der Waals surface area contributed by atoms with Gasteiger partial charge in [0.05, 0.1) is 5.56 Å². The first-order valence-corrected chi connectivity index (χ1v) is 7.74. The first-order valence-electron chi connectivity index (χ1n) is 7.74. The van der Waals surface area contributed by atoms with Crippen molar-refractivity contribution >= 4 is 11.7 Å². The van der Waals surface area contributed by atoms with Gasteiger partial charge >= 0.3 is 0 Å². The predicted octanol–water partition coefficient (Wildman–Crippen LogP) is 2.31. The number of carbonyl (C=O) groups excluding carboxylic acids is 1. The minimum atomic E-state index is 0.0639. The summed E-state index contributed by atoms with van der Waals surface area (Å²) < 4.78 is 0. The molecule has 0 aliphatic carbocycles. The molecule has 1 saturated heterocycles. The molecule has 2 heterocycles. The van der Waals surface area contributed by atoms with Crippen molar-refractivity contribution < 1.29 is 4.79 Å². The average Bonchev–Trinajstić information content (AvgIpc) is 2.88. The SMILES string of the molecule is N#Cc1cccnc1N1CCCN(C(=O)c2ccccc2)CC1. The van der Waals surface area contributed by atoms with E-state index in [1.165, 1.54) is 0 Å². The van der Waals surface area contributed by atoms with E-state index in [1.807, 2.05) is 35.2 Å². The van der Waals surface area contributed by atoms with Gasteiger partial charge in [-0.2, -0.15) is 5.26 Å². The minimum absolute atomic E-state index is 0.0639. The second kappa shape index (κ2) is 6.93. The van der Waals surface area contributed by atoms with E-state index in [-0.39, 0.29) is 5.91 Å². The fourth-order valence-electron chi connectivity index (χ4n) is 2.83. The summed E-state index contributed by atoms with van der Waals surface area (Å²) in [7, 11) is 0. The second-order valence-corrected chi connectivity index (χ2v) is 5.49. The highest BCUT2D eigenvalue weighted by atomic mass is 16.2. The van der Waals surface area contributed by atoms with Crippen molar-refractivity contribution in [3.63, 3.8) is 0 Å². The highest BCUT2D eigenvalue weighted by Gasteiger charge is 2.21. The van der Waals surface area contributed by atoms with Gasteiger partial charge in [0.25, 0.3) is 5.91 Å². The molecule has 0 atom stereocenters. The van der Waals surface area contributed by atoms with Crippen LogP contribution < -0.4 is 4.90 Å². The number of nitrogens with zero attached hydrogens (tertiary/aromatic N) is 4. The molecule has 0 unspecified atom stereocenters. The number of hydrogen-bond acceptors (Lipinski definition) is 4. The second-order valence-electron chi connectivity index (χ2n) is 5.49. The van der Waals surface area contributed by atoms with Crippen molar-refractivity contribution in [2.45, 2.75) is 6.42 Å². The van der Waals surface area contributed by atoms with Gasteiger partial charge in [-0.05, 0) is 30.7 Å². The van der Waals surface area contributed by atoms with Gasteiger partial charge in [-0.25, -0.2) is 4.98 Å². The summed E-state index contributed by atoms with van der Waals surface area (Å²) in [6, 6.07) is 15.1. The van der Waals surface area contributed by atoms with E-state index in [4.69, 9.17) is 0 Å². The van der Waals surface area contributed by atoms with E-state index >= 15 is 0 Å². The van der Waals surface area contributed by atoms with Crippen LogP contribution in [0.4, 0.5) is 5.82 Å². The zero-order valence-electron chi connectivity index (χ0n) is 12.9. The third-order valence-electron chi connectivity index (χ3n) is 4.01. The highest BCUT2D eigenvalue weighted by molar-refractivity contribution is 5.94. The fourth-order valence-corrected chi connectivity index (χ4v) is 2.83. The highest BCUT2D eigenvalue weighted by Crippen LogP contribution is 2.18. The van der Waals surface area contributed by atoms with Gasteiger partial charge in [0, 0.05) is 37.9 Å². The standard InChI is InChI=1S/C18H18N4O/c19-14-16-8-4-9-20-17(16)21-10-5-11-22(13-12-21)18(23)15-6-2-1-3-7-15/h1-4,6-9H,5,10-13H2. The van der Waals surface area contributed by atoms with Crippen LogP contribution in [0.15, 0.2) is 48.7 Å². The summed E-state index contributed by atoms with van der Waals surface area (Å²) in [4.78, 5) is 20.9. The van der Waals surface area contributed by atoms with Crippen molar-refractivity contribution in [3.8, 4) is 6.07 Å². The quantitative estimate of drug-likeness (QED) is 0.854. The molecule has 116 valence electrons. The number of amides is 1. The molecule has 0 spiro atoms. The summed E-state index contributed by atoms with van der Waals surface area (Å²) in [5.74, 6) is 0.776. The van der Waals surface area contributed by atoms with Gasteiger partial charge in [-0.3, -0.25) is 4.79 Å². The van der Waals surface area contributed by atoms with Gasteiger partial charge in [-0.15, -0.1) is 0 Å². The Kier molecular flexibility index (Phi) is 4.53. The van der Waals surface area contributed by atoms with Crippen molar-refractivity contribution in [2.24, 2.45) is 0 Å². The van der Waals surface area contributed by atoms with Crippen LogP contribution in [0.25, 0.3) is 0 Å². The Hall–Kier alpha value is -2.87. The molecule has 3 rings (SSSR count). The summed E-state index contributed by atoms with van der Waals surface area (Å²) in [6.07, 6.45) is 2.56. The third-order valence-corrected chi connectivity index (χ3v) is 4.01. The molecule has 1 aliphatic heterocycles. The first-order chi connectivity index (χ1) is 11.3. The molecule has 2 aromatic rings. The van der Waals surface area contributed by atoms with Crippen molar-refractivity contribution in [1.82, 2.24) is 9.88 Å². The minimum Gasteiger partial charge on any atom is -0.354 e. The zero-order chi connectivity index (χ0) is 16.1. The fraction of sp³-hybridized carbons (Fsp3) is 0.278. The van der Waals surface area contributed by atoms with E-state index in [1.54, 1.807) is 18.3 Å². The molecule has 5 heteroatoms. The van der Waals surface area contributed by atoms with Crippen molar-refractivity contribution in [2.75, 3.05) is 31.1 Å². The van der Waals surface area contributed by atoms with E-state index in [0.717, 1.165) is 25.1 Å². The van der Waals surface area contributed by atoms with Gasteiger partial charge in [0.2, 0.25) is 0 Å². The molecule has 1 fully saturated rings. The number of aromatic nitrogens is 1. The molecule has 1 aromatic heterocycles. The Morgan fingerprint density at radius 3 is 2.65 bits per heavy atom. The van der Waals surface area contributed by atoms with Crippen LogP contribution in [0.2, 0.25) is 0 Å². The Labute approximate surface area is 135 Å². The number of carbonyl (C=O) groups is 1. The molecular formula is C18H18N4O. The number of rotatable bonds is 2. The van der Waals surface area contributed by atoms with Crippen LogP contribution in [-0.4, -0.2) is 42.0 Å². The number of pyridine rings is 1. The van der Waals surface area contributed by atoms with Gasteiger partial charge in [-0.1, -0.05) is 18.2 Å². The first kappa shape index (κ1) is 15.0. The van der Waals surface area contributed by atoms with Crippen molar-refractivity contribution in [3.05, 3.63) is 59.8 Å². The Balaban J connectivity index is 1.73. The lowest BCUT2D eigenvalue weighted by molar-refractivity contribution is 0.0767. The number of anilines is 1. The number of hydrogen-bond donors (Lipinski definition) is 0. The average molecular weight is 306 g/mol. The monoisotopic (exact) mass is 306 g/mol. The van der Waals surface area contributed by atoms with Crippen LogP contribution in [-0.2, 0) is 0 Å². The maximum atomic E-state index is 12.6. The third kappa shape index (κ3) is 3.32. The van der Waals surface area contributed by atoms with Crippen LogP contribution in [0.5, 0.6) is 0 Å². The molecule has 0 bridgehead atoms. The molecule has 1 amide bonds. The van der Waals surface area contributed by atoms with Gasteiger partial charge in [0.1, 0.15) is 11.9 Å². The van der Waals surface area contributed by atoms with Crippen LogP contribution in [0.3, 0.4) is 0 Å².